The lowest BCUT2D eigenvalue weighted by Crippen LogP contribution is -2.19. The Kier molecular flexibility index (Phi) is 3.25. The van der Waals surface area contributed by atoms with Crippen LogP contribution in [0, 0.1) is 5.92 Å². The fraction of sp³-hybridized carbons (Fsp3) is 0.400. The van der Waals surface area contributed by atoms with Crippen LogP contribution in [0.15, 0.2) is 30.5 Å². The summed E-state index contributed by atoms with van der Waals surface area (Å²) in [6.45, 7) is 1.70. The van der Waals surface area contributed by atoms with Crippen molar-refractivity contribution < 1.29 is 14.3 Å². The molecule has 0 radical (unpaired) electrons. The van der Waals surface area contributed by atoms with Crippen molar-refractivity contribution in [3.05, 3.63) is 30.5 Å². The van der Waals surface area contributed by atoms with Gasteiger partial charge in [-0.25, -0.2) is 0 Å². The minimum Gasteiger partial charge on any atom is -0.497 e. The first-order valence-electron chi connectivity index (χ1n) is 6.51. The topological polar surface area (TPSA) is 40.5 Å². The summed E-state index contributed by atoms with van der Waals surface area (Å²) in [5.74, 6) is 1.15. The number of fused-ring (bicyclic) bond motifs is 1. The second kappa shape index (κ2) is 5.05. The minimum atomic E-state index is 0.0655. The number of hydrogen-bond donors (Lipinski definition) is 0. The van der Waals surface area contributed by atoms with E-state index in [0.717, 1.165) is 23.1 Å². The molecule has 1 aromatic carbocycles. The van der Waals surface area contributed by atoms with Gasteiger partial charge in [0.15, 0.2) is 5.78 Å². The second-order valence-electron chi connectivity index (χ2n) is 4.90. The molecule has 1 fully saturated rings. The number of Topliss-reactive ketones (excluding diaryl/α,β-unsaturated/α-hetero) is 1. The molecule has 1 unspecified atom stereocenters. The number of nitrogens with zero attached hydrogens (tertiary/aromatic N) is 1. The van der Waals surface area contributed by atoms with E-state index >= 15 is 0 Å². The number of carbonyl (C=O) groups excluding carboxylic acids is 1. The highest BCUT2D eigenvalue weighted by Gasteiger charge is 2.23. The predicted octanol–water partition coefficient (Wildman–Crippen LogP) is 2.26. The van der Waals surface area contributed by atoms with Crippen LogP contribution in [0.2, 0.25) is 0 Å². The first kappa shape index (κ1) is 12.2. The fourth-order valence-corrected chi connectivity index (χ4v) is 2.53. The Labute approximate surface area is 111 Å². The van der Waals surface area contributed by atoms with Crippen molar-refractivity contribution in [1.29, 1.82) is 0 Å². The minimum absolute atomic E-state index is 0.0655. The lowest BCUT2D eigenvalue weighted by atomic mass is 10.0. The molecule has 1 aliphatic heterocycles. The first-order chi connectivity index (χ1) is 9.28. The van der Waals surface area contributed by atoms with Gasteiger partial charge >= 0.3 is 0 Å². The molecule has 1 saturated heterocycles. The molecule has 2 aromatic rings. The van der Waals surface area contributed by atoms with E-state index in [-0.39, 0.29) is 11.7 Å². The molecular weight excluding hydrogens is 242 g/mol. The highest BCUT2D eigenvalue weighted by molar-refractivity contribution is 5.86. The molecule has 0 aliphatic carbocycles. The van der Waals surface area contributed by atoms with Gasteiger partial charge in [-0.15, -0.1) is 0 Å². The maximum atomic E-state index is 12.2. The normalized spacial score (nSPS) is 18.9. The van der Waals surface area contributed by atoms with Crippen molar-refractivity contribution in [3.8, 4) is 5.75 Å². The van der Waals surface area contributed by atoms with E-state index in [0.29, 0.717) is 19.8 Å². The number of benzene rings is 1. The number of aromatic nitrogens is 1. The molecule has 0 bridgehead atoms. The van der Waals surface area contributed by atoms with Gasteiger partial charge in [0.2, 0.25) is 0 Å². The number of ketones is 1. The van der Waals surface area contributed by atoms with E-state index in [4.69, 9.17) is 9.47 Å². The van der Waals surface area contributed by atoms with Crippen LogP contribution in [0.5, 0.6) is 5.75 Å². The predicted molar refractivity (Wildman–Crippen MR) is 72.4 cm³/mol. The standard InChI is InChI=1S/C15H17NO3/c1-18-13-2-3-14-11(8-13)4-6-16(14)9-15(17)12-5-7-19-10-12/h2-4,6,8,12H,5,7,9-10H2,1H3. The van der Waals surface area contributed by atoms with E-state index in [2.05, 4.69) is 0 Å². The number of hydrogen-bond acceptors (Lipinski definition) is 3. The van der Waals surface area contributed by atoms with Gasteiger partial charge in [-0.2, -0.15) is 0 Å². The molecule has 19 heavy (non-hydrogen) atoms. The summed E-state index contributed by atoms with van der Waals surface area (Å²) in [6, 6.07) is 7.90. The van der Waals surface area contributed by atoms with E-state index in [1.165, 1.54) is 0 Å². The van der Waals surface area contributed by atoms with E-state index in [1.807, 2.05) is 35.0 Å². The van der Waals surface area contributed by atoms with Crippen LogP contribution in [-0.2, 0) is 16.1 Å². The maximum Gasteiger partial charge on any atom is 0.157 e. The summed E-state index contributed by atoms with van der Waals surface area (Å²) in [4.78, 5) is 12.2. The highest BCUT2D eigenvalue weighted by Crippen LogP contribution is 2.23. The molecule has 1 aliphatic rings. The summed E-state index contributed by atoms with van der Waals surface area (Å²) >= 11 is 0. The molecule has 0 spiro atoms. The number of rotatable bonds is 4. The third-order valence-electron chi connectivity index (χ3n) is 3.69. The lowest BCUT2D eigenvalue weighted by Gasteiger charge is -2.09. The van der Waals surface area contributed by atoms with Crippen molar-refractivity contribution in [3.63, 3.8) is 0 Å². The number of methoxy groups -OCH3 is 1. The first-order valence-corrected chi connectivity index (χ1v) is 6.51. The van der Waals surface area contributed by atoms with Gasteiger partial charge in [-0.05, 0) is 30.7 Å². The quantitative estimate of drug-likeness (QED) is 0.845. The van der Waals surface area contributed by atoms with Gasteiger partial charge in [0, 0.05) is 29.6 Å². The van der Waals surface area contributed by atoms with Crippen molar-refractivity contribution in [2.24, 2.45) is 5.92 Å². The van der Waals surface area contributed by atoms with Crippen LogP contribution in [0.25, 0.3) is 10.9 Å². The van der Waals surface area contributed by atoms with Crippen LogP contribution in [0.3, 0.4) is 0 Å². The molecule has 3 rings (SSSR count). The molecule has 100 valence electrons. The van der Waals surface area contributed by atoms with Crippen LogP contribution < -0.4 is 4.74 Å². The molecule has 1 aromatic heterocycles. The highest BCUT2D eigenvalue weighted by atomic mass is 16.5. The number of carbonyl (C=O) groups is 1. The average molecular weight is 259 g/mol. The van der Waals surface area contributed by atoms with Gasteiger partial charge in [0.05, 0.1) is 20.3 Å². The van der Waals surface area contributed by atoms with Gasteiger partial charge < -0.3 is 14.0 Å². The molecule has 0 N–H and O–H groups in total. The van der Waals surface area contributed by atoms with Crippen LogP contribution in [0.1, 0.15) is 6.42 Å². The zero-order valence-electron chi connectivity index (χ0n) is 11.0. The number of ether oxygens (including phenoxy) is 2. The SMILES string of the molecule is COc1ccc2c(ccn2CC(=O)C2CCOC2)c1. The molecule has 4 heteroatoms. The maximum absolute atomic E-state index is 12.2. The largest absolute Gasteiger partial charge is 0.497 e. The van der Waals surface area contributed by atoms with E-state index in [9.17, 15) is 4.79 Å². The zero-order chi connectivity index (χ0) is 13.2. The molecule has 0 amide bonds. The van der Waals surface area contributed by atoms with Crippen molar-refractivity contribution in [2.75, 3.05) is 20.3 Å². The van der Waals surface area contributed by atoms with Gasteiger partial charge in [0.1, 0.15) is 5.75 Å². The van der Waals surface area contributed by atoms with Crippen molar-refractivity contribution in [2.45, 2.75) is 13.0 Å². The Bertz CT molecular complexity index is 596. The third-order valence-corrected chi connectivity index (χ3v) is 3.69. The smallest absolute Gasteiger partial charge is 0.157 e. The molecule has 4 nitrogen and oxygen atoms in total. The summed E-state index contributed by atoms with van der Waals surface area (Å²) in [7, 11) is 1.65. The monoisotopic (exact) mass is 259 g/mol. The fourth-order valence-electron chi connectivity index (χ4n) is 2.53. The van der Waals surface area contributed by atoms with Gasteiger partial charge in [-0.3, -0.25) is 4.79 Å². The Balaban J connectivity index is 1.82. The molecule has 1 atom stereocenters. The Morgan fingerprint density at radius 2 is 2.37 bits per heavy atom. The van der Waals surface area contributed by atoms with Crippen molar-refractivity contribution >= 4 is 16.7 Å². The second-order valence-corrected chi connectivity index (χ2v) is 4.90. The van der Waals surface area contributed by atoms with Crippen LogP contribution in [-0.4, -0.2) is 30.7 Å². The molecule has 2 heterocycles. The van der Waals surface area contributed by atoms with Gasteiger partial charge in [0.25, 0.3) is 0 Å². The summed E-state index contributed by atoms with van der Waals surface area (Å²) in [5.41, 5.74) is 1.06. The Morgan fingerprint density at radius 1 is 1.47 bits per heavy atom. The van der Waals surface area contributed by atoms with Gasteiger partial charge in [-0.1, -0.05) is 0 Å². The van der Waals surface area contributed by atoms with E-state index < -0.39 is 0 Å². The molecular formula is C15H17NO3. The Hall–Kier alpha value is -1.81. The average Bonchev–Trinajstić information content (AvgIpc) is 3.08. The summed E-state index contributed by atoms with van der Waals surface area (Å²) < 4.78 is 12.5. The van der Waals surface area contributed by atoms with Crippen LogP contribution >= 0.6 is 0 Å². The van der Waals surface area contributed by atoms with Crippen molar-refractivity contribution in [1.82, 2.24) is 4.57 Å². The summed E-state index contributed by atoms with van der Waals surface area (Å²) in [5, 5.41) is 1.09. The van der Waals surface area contributed by atoms with E-state index in [1.54, 1.807) is 7.11 Å². The summed E-state index contributed by atoms with van der Waals surface area (Å²) in [6.07, 6.45) is 2.81. The third kappa shape index (κ3) is 2.36. The Morgan fingerprint density at radius 3 is 3.11 bits per heavy atom. The zero-order valence-corrected chi connectivity index (χ0v) is 11.0. The lowest BCUT2D eigenvalue weighted by molar-refractivity contribution is -0.123. The van der Waals surface area contributed by atoms with Crippen LogP contribution in [0.4, 0.5) is 0 Å². The molecule has 0 saturated carbocycles.